The van der Waals surface area contributed by atoms with Gasteiger partial charge < -0.3 is 10.1 Å². The zero-order valence-corrected chi connectivity index (χ0v) is 12.6. The van der Waals surface area contributed by atoms with Gasteiger partial charge in [0.15, 0.2) is 0 Å². The molecule has 0 radical (unpaired) electrons. The fourth-order valence-electron chi connectivity index (χ4n) is 2.64. The van der Waals surface area contributed by atoms with Crippen LogP contribution in [0.1, 0.15) is 16.8 Å². The number of para-hydroxylation sites is 1. The second-order valence-corrected chi connectivity index (χ2v) is 5.56. The number of aryl methyl sites for hydroxylation is 1. The van der Waals surface area contributed by atoms with Gasteiger partial charge in [-0.05, 0) is 19.1 Å². The first-order valence-corrected chi connectivity index (χ1v) is 7.42. The summed E-state index contributed by atoms with van der Waals surface area (Å²) in [7, 11) is 0. The minimum Gasteiger partial charge on any atom is -0.492 e. The number of aliphatic imine (C=N–C) groups is 1. The predicted octanol–water partition coefficient (Wildman–Crippen LogP) is 4.35. The van der Waals surface area contributed by atoms with Crippen LogP contribution in [-0.4, -0.2) is 21.3 Å². The summed E-state index contributed by atoms with van der Waals surface area (Å²) in [5.41, 5.74) is 5.66. The van der Waals surface area contributed by atoms with E-state index in [9.17, 15) is 5.11 Å². The van der Waals surface area contributed by atoms with Gasteiger partial charge in [0.05, 0.1) is 5.69 Å². The summed E-state index contributed by atoms with van der Waals surface area (Å²) in [4.78, 5) is 11.8. The van der Waals surface area contributed by atoms with E-state index in [1.165, 1.54) is 5.56 Å². The van der Waals surface area contributed by atoms with Crippen molar-refractivity contribution in [3.8, 4) is 17.3 Å². The average molecular weight is 301 g/mol. The highest BCUT2D eigenvalue weighted by Crippen LogP contribution is 2.33. The first kappa shape index (κ1) is 13.5. The second-order valence-electron chi connectivity index (χ2n) is 5.56. The molecule has 1 aliphatic rings. The number of H-pyrrole nitrogens is 1. The van der Waals surface area contributed by atoms with Gasteiger partial charge in [0.25, 0.3) is 0 Å². The third kappa shape index (κ3) is 2.44. The monoisotopic (exact) mass is 301 g/mol. The van der Waals surface area contributed by atoms with Crippen molar-refractivity contribution < 1.29 is 5.11 Å². The molecule has 4 heteroatoms. The normalized spacial score (nSPS) is 14.4. The largest absolute Gasteiger partial charge is 0.492 e. The van der Waals surface area contributed by atoms with Gasteiger partial charge in [-0.1, -0.05) is 48.0 Å². The lowest BCUT2D eigenvalue weighted by Crippen LogP contribution is -1.82. The second kappa shape index (κ2) is 5.25. The fraction of sp³-hybridized carbons (Fsp3) is 0.0526. The molecule has 0 bridgehead atoms. The van der Waals surface area contributed by atoms with E-state index in [-0.39, 0.29) is 5.88 Å². The molecule has 0 saturated heterocycles. The van der Waals surface area contributed by atoms with Gasteiger partial charge >= 0.3 is 0 Å². The Morgan fingerprint density at radius 2 is 1.83 bits per heavy atom. The Morgan fingerprint density at radius 3 is 2.65 bits per heavy atom. The summed E-state index contributed by atoms with van der Waals surface area (Å²) in [5.74, 6) is 0.642. The van der Waals surface area contributed by atoms with E-state index >= 15 is 0 Å². The summed E-state index contributed by atoms with van der Waals surface area (Å²) >= 11 is 0. The van der Waals surface area contributed by atoms with Crippen molar-refractivity contribution in [1.82, 2.24) is 9.97 Å². The number of nitrogens with zero attached hydrogens (tertiary/aromatic N) is 2. The molecule has 0 saturated carbocycles. The van der Waals surface area contributed by atoms with Crippen LogP contribution in [0.2, 0.25) is 0 Å². The van der Waals surface area contributed by atoms with Crippen LogP contribution in [0.5, 0.6) is 5.88 Å². The van der Waals surface area contributed by atoms with Crippen LogP contribution in [0.4, 0.5) is 5.69 Å². The van der Waals surface area contributed by atoms with Gasteiger partial charge in [-0.2, -0.15) is 4.98 Å². The number of nitrogens with one attached hydrogen (secondary N) is 1. The Labute approximate surface area is 133 Å². The smallest absolute Gasteiger partial charge is 0.237 e. The highest BCUT2D eigenvalue weighted by molar-refractivity contribution is 6.21. The van der Waals surface area contributed by atoms with Crippen LogP contribution in [0.3, 0.4) is 0 Å². The molecule has 4 nitrogen and oxygen atoms in total. The van der Waals surface area contributed by atoms with E-state index < -0.39 is 0 Å². The van der Waals surface area contributed by atoms with Crippen molar-refractivity contribution >= 4 is 23.6 Å². The Morgan fingerprint density at radius 1 is 1.04 bits per heavy atom. The van der Waals surface area contributed by atoms with Gasteiger partial charge in [-0.3, -0.25) is 4.99 Å². The maximum absolute atomic E-state index is 10.1. The number of imidazole rings is 1. The van der Waals surface area contributed by atoms with E-state index in [0.29, 0.717) is 11.5 Å². The number of aromatic amines is 1. The standard InChI is InChI=1S/C19H15N3O/c1-12-6-8-13(9-7-12)18-21-17(19(23)22-18)10-14-11-20-16-5-3-2-4-15(14)16/h2-11,23H,1H3,(H,21,22)/b14-10+. The van der Waals surface area contributed by atoms with Gasteiger partial charge in [-0.25, -0.2) is 0 Å². The van der Waals surface area contributed by atoms with Crippen molar-refractivity contribution in [2.75, 3.05) is 0 Å². The quantitative estimate of drug-likeness (QED) is 0.739. The molecule has 0 spiro atoms. The number of aromatic hydroxyl groups is 1. The lowest BCUT2D eigenvalue weighted by molar-refractivity contribution is 0.455. The Hall–Kier alpha value is -3.14. The van der Waals surface area contributed by atoms with Crippen LogP contribution in [0, 0.1) is 6.92 Å². The number of rotatable bonds is 2. The number of hydrogen-bond donors (Lipinski definition) is 2. The molecule has 1 aromatic heterocycles. The molecule has 4 rings (SSSR count). The van der Waals surface area contributed by atoms with Crippen LogP contribution < -0.4 is 0 Å². The third-order valence-corrected chi connectivity index (χ3v) is 3.89. The molecular formula is C19H15N3O. The average Bonchev–Trinajstić information content (AvgIpc) is 3.13. The van der Waals surface area contributed by atoms with Crippen molar-refractivity contribution in [2.24, 2.45) is 4.99 Å². The van der Waals surface area contributed by atoms with Crippen LogP contribution in [0.25, 0.3) is 23.0 Å². The minimum atomic E-state index is -0.00847. The molecule has 2 N–H and O–H groups in total. The van der Waals surface area contributed by atoms with Gasteiger partial charge in [0.2, 0.25) is 5.88 Å². The number of hydrogen-bond acceptors (Lipinski definition) is 3. The minimum absolute atomic E-state index is 0.00847. The molecule has 3 aromatic rings. The van der Waals surface area contributed by atoms with E-state index in [0.717, 1.165) is 22.4 Å². The maximum atomic E-state index is 10.1. The summed E-state index contributed by atoms with van der Waals surface area (Å²) in [6.07, 6.45) is 3.67. The predicted molar refractivity (Wildman–Crippen MR) is 92.9 cm³/mol. The summed E-state index contributed by atoms with van der Waals surface area (Å²) in [6.45, 7) is 2.04. The zero-order chi connectivity index (χ0) is 15.8. The summed E-state index contributed by atoms with van der Waals surface area (Å²) < 4.78 is 0. The number of aromatic nitrogens is 2. The molecule has 0 atom stereocenters. The molecule has 2 aromatic carbocycles. The first-order chi connectivity index (χ1) is 11.2. The highest BCUT2D eigenvalue weighted by atomic mass is 16.3. The Kier molecular flexibility index (Phi) is 3.08. The molecule has 0 aliphatic carbocycles. The first-order valence-electron chi connectivity index (χ1n) is 7.42. The van der Waals surface area contributed by atoms with Crippen molar-refractivity contribution in [2.45, 2.75) is 6.92 Å². The molecule has 112 valence electrons. The van der Waals surface area contributed by atoms with E-state index in [1.54, 1.807) is 6.21 Å². The summed E-state index contributed by atoms with van der Waals surface area (Å²) in [6, 6.07) is 15.9. The molecule has 0 unspecified atom stereocenters. The SMILES string of the molecule is Cc1ccc(-c2nc(O)c(/C=C3\C=Nc4ccccc43)[nH]2)cc1. The third-order valence-electron chi connectivity index (χ3n) is 3.89. The molecule has 0 amide bonds. The lowest BCUT2D eigenvalue weighted by Gasteiger charge is -1.98. The fourth-order valence-corrected chi connectivity index (χ4v) is 2.64. The van der Waals surface area contributed by atoms with E-state index in [4.69, 9.17) is 0 Å². The van der Waals surface area contributed by atoms with Crippen LogP contribution in [0.15, 0.2) is 53.5 Å². The number of fused-ring (bicyclic) bond motifs is 1. The van der Waals surface area contributed by atoms with Crippen molar-refractivity contribution in [3.63, 3.8) is 0 Å². The lowest BCUT2D eigenvalue weighted by atomic mass is 10.1. The summed E-state index contributed by atoms with van der Waals surface area (Å²) in [5, 5.41) is 10.1. The molecule has 23 heavy (non-hydrogen) atoms. The zero-order valence-electron chi connectivity index (χ0n) is 12.6. The van der Waals surface area contributed by atoms with Crippen LogP contribution in [-0.2, 0) is 0 Å². The van der Waals surface area contributed by atoms with Crippen LogP contribution >= 0.6 is 0 Å². The topological polar surface area (TPSA) is 61.3 Å². The van der Waals surface area contributed by atoms with Gasteiger partial charge in [0.1, 0.15) is 11.5 Å². The van der Waals surface area contributed by atoms with Gasteiger partial charge in [-0.15, -0.1) is 0 Å². The Balaban J connectivity index is 1.73. The number of allylic oxidation sites excluding steroid dienone is 1. The van der Waals surface area contributed by atoms with E-state index in [2.05, 4.69) is 15.0 Å². The number of benzene rings is 2. The Bertz CT molecular complexity index is 934. The molecule has 0 fully saturated rings. The van der Waals surface area contributed by atoms with Crippen molar-refractivity contribution in [3.05, 3.63) is 65.4 Å². The highest BCUT2D eigenvalue weighted by Gasteiger charge is 2.14. The van der Waals surface area contributed by atoms with Gasteiger partial charge in [0, 0.05) is 22.9 Å². The van der Waals surface area contributed by atoms with E-state index in [1.807, 2.05) is 61.5 Å². The van der Waals surface area contributed by atoms with Crippen molar-refractivity contribution in [1.29, 1.82) is 0 Å². The molecular weight excluding hydrogens is 286 g/mol. The molecule has 2 heterocycles. The molecule has 1 aliphatic heterocycles. The maximum Gasteiger partial charge on any atom is 0.237 e.